The lowest BCUT2D eigenvalue weighted by molar-refractivity contribution is -0.147. The van der Waals surface area contributed by atoms with Crippen LogP contribution in [-0.4, -0.2) is 31.6 Å². The maximum absolute atomic E-state index is 13.4. The average Bonchev–Trinajstić information content (AvgIpc) is 2.62. The molecule has 0 aliphatic rings. The Morgan fingerprint density at radius 1 is 1.08 bits per heavy atom. The van der Waals surface area contributed by atoms with Gasteiger partial charge < -0.3 is 14.8 Å². The normalized spacial score (nSPS) is 9.92. The zero-order valence-corrected chi connectivity index (χ0v) is 14.0. The van der Waals surface area contributed by atoms with E-state index in [0.29, 0.717) is 11.3 Å². The molecule has 0 unspecified atom stereocenters. The van der Waals surface area contributed by atoms with Gasteiger partial charge in [0, 0.05) is 0 Å². The van der Waals surface area contributed by atoms with Gasteiger partial charge in [0.25, 0.3) is 5.91 Å². The SMILES string of the molecule is COc1cccc(CC(=O)OCC(=O)NC(=O)Nc2ccccc2F)c1. The molecule has 2 rings (SSSR count). The van der Waals surface area contributed by atoms with Crippen molar-refractivity contribution in [1.29, 1.82) is 0 Å². The van der Waals surface area contributed by atoms with Crippen molar-refractivity contribution in [1.82, 2.24) is 5.32 Å². The van der Waals surface area contributed by atoms with Gasteiger partial charge in [-0.2, -0.15) is 0 Å². The number of benzene rings is 2. The van der Waals surface area contributed by atoms with Gasteiger partial charge in [-0.25, -0.2) is 9.18 Å². The second-order valence-electron chi connectivity index (χ2n) is 5.17. The maximum Gasteiger partial charge on any atom is 0.326 e. The molecular formula is C18H17FN2O5. The van der Waals surface area contributed by atoms with Gasteiger partial charge in [0.15, 0.2) is 6.61 Å². The Morgan fingerprint density at radius 3 is 2.58 bits per heavy atom. The number of amides is 3. The zero-order valence-electron chi connectivity index (χ0n) is 14.0. The van der Waals surface area contributed by atoms with Crippen molar-refractivity contribution in [3.8, 4) is 5.75 Å². The number of imide groups is 1. The molecule has 0 atom stereocenters. The highest BCUT2D eigenvalue weighted by Crippen LogP contribution is 2.13. The van der Waals surface area contributed by atoms with Gasteiger partial charge in [0.1, 0.15) is 11.6 Å². The molecule has 0 fully saturated rings. The van der Waals surface area contributed by atoms with E-state index in [1.165, 1.54) is 25.3 Å². The monoisotopic (exact) mass is 360 g/mol. The zero-order chi connectivity index (χ0) is 18.9. The van der Waals surface area contributed by atoms with Crippen LogP contribution in [0, 0.1) is 5.82 Å². The van der Waals surface area contributed by atoms with E-state index in [9.17, 15) is 18.8 Å². The van der Waals surface area contributed by atoms with E-state index in [1.54, 1.807) is 24.3 Å². The Hall–Kier alpha value is -3.42. The van der Waals surface area contributed by atoms with E-state index < -0.39 is 30.3 Å². The summed E-state index contributed by atoms with van der Waals surface area (Å²) < 4.78 is 23.3. The molecule has 136 valence electrons. The number of ether oxygens (including phenoxy) is 2. The molecule has 2 N–H and O–H groups in total. The van der Waals surface area contributed by atoms with Crippen LogP contribution in [0.4, 0.5) is 14.9 Å². The quantitative estimate of drug-likeness (QED) is 0.771. The molecular weight excluding hydrogens is 343 g/mol. The van der Waals surface area contributed by atoms with Crippen LogP contribution in [-0.2, 0) is 20.7 Å². The van der Waals surface area contributed by atoms with E-state index >= 15 is 0 Å². The van der Waals surface area contributed by atoms with Crippen LogP contribution in [0.15, 0.2) is 48.5 Å². The molecule has 0 spiro atoms. The van der Waals surface area contributed by atoms with Gasteiger partial charge in [0.05, 0.1) is 19.2 Å². The van der Waals surface area contributed by atoms with Crippen molar-refractivity contribution in [3.05, 3.63) is 59.9 Å². The minimum Gasteiger partial charge on any atom is -0.497 e. The molecule has 0 saturated heterocycles. The number of carbonyl (C=O) groups excluding carboxylic acids is 3. The Kier molecular flexibility index (Phi) is 6.67. The fraction of sp³-hybridized carbons (Fsp3) is 0.167. The summed E-state index contributed by atoms with van der Waals surface area (Å²) in [5.41, 5.74) is 0.583. The summed E-state index contributed by atoms with van der Waals surface area (Å²) in [6, 6.07) is 11.4. The smallest absolute Gasteiger partial charge is 0.326 e. The van der Waals surface area contributed by atoms with E-state index in [4.69, 9.17) is 9.47 Å². The van der Waals surface area contributed by atoms with E-state index in [-0.39, 0.29) is 12.1 Å². The second-order valence-corrected chi connectivity index (χ2v) is 5.17. The number of halogens is 1. The van der Waals surface area contributed by atoms with Crippen LogP contribution in [0.3, 0.4) is 0 Å². The molecule has 0 radical (unpaired) electrons. The Balaban J connectivity index is 1.76. The summed E-state index contributed by atoms with van der Waals surface area (Å²) in [6.45, 7) is -0.631. The van der Waals surface area contributed by atoms with Crippen LogP contribution in [0.2, 0.25) is 0 Å². The van der Waals surface area contributed by atoms with E-state index in [1.807, 2.05) is 5.32 Å². The lowest BCUT2D eigenvalue weighted by atomic mass is 10.1. The van der Waals surface area contributed by atoms with E-state index in [2.05, 4.69) is 5.32 Å². The number of rotatable bonds is 6. The molecule has 0 saturated carbocycles. The molecule has 0 aliphatic heterocycles. The first-order valence-electron chi connectivity index (χ1n) is 7.62. The molecule has 2 aromatic carbocycles. The van der Waals surface area contributed by atoms with Crippen molar-refractivity contribution >= 4 is 23.6 Å². The number of urea groups is 1. The van der Waals surface area contributed by atoms with Crippen molar-refractivity contribution in [3.63, 3.8) is 0 Å². The lowest BCUT2D eigenvalue weighted by Crippen LogP contribution is -2.37. The lowest BCUT2D eigenvalue weighted by Gasteiger charge is -2.08. The highest BCUT2D eigenvalue weighted by molar-refractivity contribution is 6.01. The molecule has 26 heavy (non-hydrogen) atoms. The second kappa shape index (κ2) is 9.16. The van der Waals surface area contributed by atoms with Crippen LogP contribution in [0.5, 0.6) is 5.75 Å². The number of carbonyl (C=O) groups is 3. The third-order valence-electron chi connectivity index (χ3n) is 3.22. The van der Waals surface area contributed by atoms with Crippen LogP contribution < -0.4 is 15.4 Å². The van der Waals surface area contributed by atoms with E-state index in [0.717, 1.165) is 6.07 Å². The fourth-order valence-electron chi connectivity index (χ4n) is 2.03. The predicted molar refractivity (Wildman–Crippen MR) is 91.2 cm³/mol. The van der Waals surface area contributed by atoms with Gasteiger partial charge in [-0.15, -0.1) is 0 Å². The molecule has 0 aromatic heterocycles. The molecule has 0 bridgehead atoms. The summed E-state index contributed by atoms with van der Waals surface area (Å²) in [6.07, 6.45) is -0.0497. The van der Waals surface area contributed by atoms with Gasteiger partial charge in [0.2, 0.25) is 0 Å². The molecule has 7 nitrogen and oxygen atoms in total. The summed E-state index contributed by atoms with van der Waals surface area (Å²) >= 11 is 0. The fourth-order valence-corrected chi connectivity index (χ4v) is 2.03. The summed E-state index contributed by atoms with van der Waals surface area (Å²) in [7, 11) is 1.51. The summed E-state index contributed by atoms with van der Waals surface area (Å²) in [5, 5.41) is 4.12. The number of methoxy groups -OCH3 is 1. The number of hydrogen-bond acceptors (Lipinski definition) is 5. The number of para-hydroxylation sites is 1. The molecule has 2 aromatic rings. The number of anilines is 1. The minimum atomic E-state index is -0.927. The Labute approximate surface area is 149 Å². The van der Waals surface area contributed by atoms with Crippen LogP contribution in [0.25, 0.3) is 0 Å². The summed E-state index contributed by atoms with van der Waals surface area (Å²) in [5.74, 6) is -1.52. The largest absolute Gasteiger partial charge is 0.497 e. The third-order valence-corrected chi connectivity index (χ3v) is 3.22. The molecule has 0 aliphatic carbocycles. The number of nitrogens with one attached hydrogen (secondary N) is 2. The average molecular weight is 360 g/mol. The van der Waals surface area contributed by atoms with Gasteiger partial charge >= 0.3 is 12.0 Å². The highest BCUT2D eigenvalue weighted by Gasteiger charge is 2.13. The van der Waals surface area contributed by atoms with Crippen molar-refractivity contribution in [2.75, 3.05) is 19.0 Å². The van der Waals surface area contributed by atoms with Crippen molar-refractivity contribution in [2.45, 2.75) is 6.42 Å². The highest BCUT2D eigenvalue weighted by atomic mass is 19.1. The first kappa shape index (κ1) is 18.9. The summed E-state index contributed by atoms with van der Waals surface area (Å²) in [4.78, 5) is 35.0. The molecule has 3 amide bonds. The van der Waals surface area contributed by atoms with Gasteiger partial charge in [-0.3, -0.25) is 14.9 Å². The van der Waals surface area contributed by atoms with Gasteiger partial charge in [-0.05, 0) is 29.8 Å². The first-order chi connectivity index (χ1) is 12.5. The minimum absolute atomic E-state index is 0.0497. The van der Waals surface area contributed by atoms with Gasteiger partial charge in [-0.1, -0.05) is 24.3 Å². The number of esters is 1. The van der Waals surface area contributed by atoms with Crippen LogP contribution in [0.1, 0.15) is 5.56 Å². The van der Waals surface area contributed by atoms with Crippen molar-refractivity contribution in [2.24, 2.45) is 0 Å². The Bertz CT molecular complexity index is 810. The number of hydrogen-bond donors (Lipinski definition) is 2. The first-order valence-corrected chi connectivity index (χ1v) is 7.62. The third kappa shape index (κ3) is 5.90. The topological polar surface area (TPSA) is 93.7 Å². The van der Waals surface area contributed by atoms with Crippen molar-refractivity contribution < 1.29 is 28.2 Å². The standard InChI is InChI=1S/C18H17FN2O5/c1-25-13-6-4-5-12(9-13)10-17(23)26-11-16(22)21-18(24)20-15-8-3-2-7-14(15)19/h2-9H,10-11H2,1H3,(H2,20,21,22,24). The Morgan fingerprint density at radius 2 is 1.85 bits per heavy atom. The van der Waals surface area contributed by atoms with Crippen LogP contribution >= 0.6 is 0 Å². The maximum atomic E-state index is 13.4. The predicted octanol–water partition coefficient (Wildman–Crippen LogP) is 2.27. The molecule has 8 heteroatoms. The molecule has 0 heterocycles.